The molecule has 0 atom stereocenters. The van der Waals surface area contributed by atoms with Crippen LogP contribution < -0.4 is 10.5 Å². The van der Waals surface area contributed by atoms with Crippen molar-refractivity contribution >= 4 is 5.78 Å². The van der Waals surface area contributed by atoms with Crippen molar-refractivity contribution in [1.82, 2.24) is 0 Å². The average molecular weight is 211 g/mol. The number of benzene rings is 1. The Morgan fingerprint density at radius 3 is 2.73 bits per heavy atom. The average Bonchev–Trinajstić information content (AvgIpc) is 2.22. The Morgan fingerprint density at radius 2 is 2.20 bits per heavy atom. The van der Waals surface area contributed by atoms with E-state index in [1.807, 2.05) is 0 Å². The van der Waals surface area contributed by atoms with Gasteiger partial charge in [0.2, 0.25) is 0 Å². The Labute approximate surface area is 88.0 Å². The van der Waals surface area contributed by atoms with Gasteiger partial charge in [0.25, 0.3) is 0 Å². The molecular formula is C11H14FNO2. The fraction of sp³-hybridized carbons (Fsp3) is 0.364. The van der Waals surface area contributed by atoms with Gasteiger partial charge in [-0.15, -0.1) is 0 Å². The minimum absolute atomic E-state index is 0.172. The van der Waals surface area contributed by atoms with Crippen molar-refractivity contribution in [1.29, 1.82) is 0 Å². The van der Waals surface area contributed by atoms with Crippen molar-refractivity contribution < 1.29 is 13.9 Å². The van der Waals surface area contributed by atoms with Crippen molar-refractivity contribution in [3.05, 3.63) is 29.1 Å². The van der Waals surface area contributed by atoms with Gasteiger partial charge in [0.05, 0.1) is 7.11 Å². The minimum Gasteiger partial charge on any atom is -0.496 e. The third-order valence-corrected chi connectivity index (χ3v) is 2.21. The number of hydrogen-bond acceptors (Lipinski definition) is 3. The first-order valence-electron chi connectivity index (χ1n) is 4.67. The zero-order valence-corrected chi connectivity index (χ0v) is 8.84. The van der Waals surface area contributed by atoms with E-state index in [1.54, 1.807) is 6.92 Å². The lowest BCUT2D eigenvalue weighted by Gasteiger charge is -2.08. The summed E-state index contributed by atoms with van der Waals surface area (Å²) in [7, 11) is 1.44. The van der Waals surface area contributed by atoms with E-state index < -0.39 is 5.82 Å². The summed E-state index contributed by atoms with van der Waals surface area (Å²) in [4.78, 5) is 11.5. The van der Waals surface area contributed by atoms with Gasteiger partial charge in [-0.3, -0.25) is 4.79 Å². The molecule has 0 spiro atoms. The molecule has 0 aromatic heterocycles. The summed E-state index contributed by atoms with van der Waals surface area (Å²) in [6.45, 7) is 1.86. The summed E-state index contributed by atoms with van der Waals surface area (Å²) >= 11 is 0. The number of nitrogens with two attached hydrogens (primary N) is 1. The normalized spacial score (nSPS) is 10.1. The molecule has 0 unspecified atom stereocenters. The highest BCUT2D eigenvalue weighted by atomic mass is 19.1. The number of ketones is 1. The summed E-state index contributed by atoms with van der Waals surface area (Å²) in [6, 6.07) is 2.76. The van der Waals surface area contributed by atoms with E-state index in [0.29, 0.717) is 16.9 Å². The van der Waals surface area contributed by atoms with Crippen LogP contribution >= 0.6 is 0 Å². The van der Waals surface area contributed by atoms with Crippen molar-refractivity contribution in [3.63, 3.8) is 0 Å². The van der Waals surface area contributed by atoms with Crippen LogP contribution in [-0.2, 0) is 0 Å². The molecule has 0 aliphatic carbocycles. The Kier molecular flexibility index (Phi) is 3.80. The van der Waals surface area contributed by atoms with E-state index in [2.05, 4.69) is 0 Å². The highest BCUT2D eigenvalue weighted by Crippen LogP contribution is 2.23. The van der Waals surface area contributed by atoms with Crippen molar-refractivity contribution in [3.8, 4) is 5.75 Å². The molecule has 0 aliphatic heterocycles. The molecule has 2 N–H and O–H groups in total. The van der Waals surface area contributed by atoms with E-state index in [1.165, 1.54) is 19.2 Å². The molecule has 0 heterocycles. The van der Waals surface area contributed by atoms with Gasteiger partial charge in [-0.2, -0.15) is 0 Å². The predicted octanol–water partition coefficient (Wildman–Crippen LogP) is 1.67. The van der Waals surface area contributed by atoms with Crippen molar-refractivity contribution in [2.45, 2.75) is 13.3 Å². The van der Waals surface area contributed by atoms with Gasteiger partial charge in [0.15, 0.2) is 5.78 Å². The van der Waals surface area contributed by atoms with Gasteiger partial charge in [-0.05, 0) is 25.6 Å². The first-order valence-corrected chi connectivity index (χ1v) is 4.67. The van der Waals surface area contributed by atoms with Crippen LogP contribution in [0, 0.1) is 12.7 Å². The van der Waals surface area contributed by atoms with E-state index >= 15 is 0 Å². The standard InChI is InChI=1S/C11H14FNO2/c1-7-9(12)5-8(6-11(7)15-2)10(14)3-4-13/h5-6H,3-4,13H2,1-2H3. The zero-order valence-electron chi connectivity index (χ0n) is 8.84. The minimum atomic E-state index is -0.435. The Morgan fingerprint density at radius 1 is 1.53 bits per heavy atom. The number of Topliss-reactive ketones (excluding diaryl/α,β-unsaturated/α-hetero) is 1. The number of carbonyl (C=O) groups excluding carboxylic acids is 1. The Balaban J connectivity index is 3.10. The van der Waals surface area contributed by atoms with Gasteiger partial charge in [0, 0.05) is 17.5 Å². The van der Waals surface area contributed by atoms with Crippen LogP contribution in [0.1, 0.15) is 22.3 Å². The molecule has 15 heavy (non-hydrogen) atoms. The maximum absolute atomic E-state index is 13.4. The predicted molar refractivity (Wildman–Crippen MR) is 55.7 cm³/mol. The first kappa shape index (κ1) is 11.7. The summed E-state index contributed by atoms with van der Waals surface area (Å²) in [5, 5.41) is 0. The molecule has 82 valence electrons. The lowest BCUT2D eigenvalue weighted by molar-refractivity contribution is 0.0984. The topological polar surface area (TPSA) is 52.3 Å². The number of ether oxygens (including phenoxy) is 1. The maximum atomic E-state index is 13.4. The van der Waals surface area contributed by atoms with Crippen LogP contribution in [0.3, 0.4) is 0 Å². The Bertz CT molecular complexity index is 377. The second kappa shape index (κ2) is 4.89. The second-order valence-corrected chi connectivity index (χ2v) is 3.25. The quantitative estimate of drug-likeness (QED) is 0.771. The number of hydrogen-bond donors (Lipinski definition) is 1. The van der Waals surface area contributed by atoms with Gasteiger partial charge >= 0.3 is 0 Å². The van der Waals surface area contributed by atoms with Crippen LogP contribution in [0.5, 0.6) is 5.75 Å². The molecule has 1 rings (SSSR count). The fourth-order valence-corrected chi connectivity index (χ4v) is 1.30. The highest BCUT2D eigenvalue weighted by molar-refractivity contribution is 5.96. The molecule has 0 bridgehead atoms. The van der Waals surface area contributed by atoms with Crippen LogP contribution in [-0.4, -0.2) is 19.4 Å². The fourth-order valence-electron chi connectivity index (χ4n) is 1.30. The Hall–Kier alpha value is -1.42. The lowest BCUT2D eigenvalue weighted by Crippen LogP contribution is -2.09. The van der Waals surface area contributed by atoms with Gasteiger partial charge in [0.1, 0.15) is 11.6 Å². The molecule has 0 amide bonds. The third kappa shape index (κ3) is 2.53. The maximum Gasteiger partial charge on any atom is 0.164 e. The molecule has 0 radical (unpaired) electrons. The number of halogens is 1. The van der Waals surface area contributed by atoms with Gasteiger partial charge < -0.3 is 10.5 Å². The molecule has 1 aromatic carbocycles. The molecular weight excluding hydrogens is 197 g/mol. The van der Waals surface area contributed by atoms with Gasteiger partial charge in [-0.25, -0.2) is 4.39 Å². The summed E-state index contributed by atoms with van der Waals surface area (Å²) in [6.07, 6.45) is 0.214. The molecule has 4 heteroatoms. The summed E-state index contributed by atoms with van der Waals surface area (Å²) in [5.74, 6) is -0.222. The second-order valence-electron chi connectivity index (χ2n) is 3.25. The van der Waals surface area contributed by atoms with Crippen molar-refractivity contribution in [2.75, 3.05) is 13.7 Å². The van der Waals surface area contributed by atoms with E-state index in [0.717, 1.165) is 0 Å². The van der Waals surface area contributed by atoms with Crippen LogP contribution in [0.4, 0.5) is 4.39 Å². The van der Waals surface area contributed by atoms with Crippen LogP contribution in [0.15, 0.2) is 12.1 Å². The number of methoxy groups -OCH3 is 1. The zero-order chi connectivity index (χ0) is 11.4. The summed E-state index contributed by atoms with van der Waals surface area (Å²) in [5.41, 5.74) is 5.97. The first-order chi connectivity index (χ1) is 7.10. The summed E-state index contributed by atoms with van der Waals surface area (Å²) < 4.78 is 18.3. The van der Waals surface area contributed by atoms with E-state index in [9.17, 15) is 9.18 Å². The highest BCUT2D eigenvalue weighted by Gasteiger charge is 2.12. The van der Waals surface area contributed by atoms with Crippen LogP contribution in [0.2, 0.25) is 0 Å². The van der Waals surface area contributed by atoms with Crippen LogP contribution in [0.25, 0.3) is 0 Å². The van der Waals surface area contributed by atoms with Crippen molar-refractivity contribution in [2.24, 2.45) is 5.73 Å². The third-order valence-electron chi connectivity index (χ3n) is 2.21. The molecule has 0 saturated carbocycles. The monoisotopic (exact) mass is 211 g/mol. The smallest absolute Gasteiger partial charge is 0.164 e. The van der Waals surface area contributed by atoms with E-state index in [-0.39, 0.29) is 18.7 Å². The van der Waals surface area contributed by atoms with Gasteiger partial charge in [-0.1, -0.05) is 0 Å². The molecule has 0 saturated heterocycles. The lowest BCUT2D eigenvalue weighted by atomic mass is 10.0. The molecule has 3 nitrogen and oxygen atoms in total. The number of carbonyl (C=O) groups is 1. The molecule has 1 aromatic rings. The SMILES string of the molecule is COc1cc(C(=O)CCN)cc(F)c1C. The molecule has 0 fully saturated rings. The molecule has 0 aliphatic rings. The number of rotatable bonds is 4. The van der Waals surface area contributed by atoms with E-state index in [4.69, 9.17) is 10.5 Å². The largest absolute Gasteiger partial charge is 0.496 e.